The summed E-state index contributed by atoms with van der Waals surface area (Å²) in [6, 6.07) is 13.4. The molecule has 33 heavy (non-hydrogen) atoms. The lowest BCUT2D eigenvalue weighted by atomic mass is 9.97. The second kappa shape index (κ2) is 8.50. The summed E-state index contributed by atoms with van der Waals surface area (Å²) in [6.45, 7) is 2.65. The van der Waals surface area contributed by atoms with Crippen LogP contribution in [0, 0.1) is 6.92 Å². The number of ether oxygens (including phenoxy) is 1. The van der Waals surface area contributed by atoms with Crippen LogP contribution >= 0.6 is 0 Å². The van der Waals surface area contributed by atoms with E-state index in [1.165, 1.54) is 0 Å². The maximum absolute atomic E-state index is 13.3. The molecule has 0 saturated carbocycles. The number of aromatic nitrogens is 6. The van der Waals surface area contributed by atoms with Crippen LogP contribution < -0.4 is 9.64 Å². The van der Waals surface area contributed by atoms with E-state index in [1.807, 2.05) is 64.8 Å². The van der Waals surface area contributed by atoms with Crippen molar-refractivity contribution in [3.63, 3.8) is 0 Å². The Kier molecular flexibility index (Phi) is 5.37. The molecule has 1 amide bonds. The molecule has 0 fully saturated rings. The number of aryl methyl sites for hydroxylation is 2. The van der Waals surface area contributed by atoms with Crippen molar-refractivity contribution in [2.45, 2.75) is 32.2 Å². The molecule has 1 aliphatic rings. The van der Waals surface area contributed by atoms with E-state index in [2.05, 4.69) is 15.1 Å². The van der Waals surface area contributed by atoms with Gasteiger partial charge in [0, 0.05) is 25.5 Å². The lowest BCUT2D eigenvalue weighted by Crippen LogP contribution is -2.35. The fourth-order valence-corrected chi connectivity index (χ4v) is 4.16. The number of carbonyl (C=O) groups is 1. The molecule has 0 bridgehead atoms. The van der Waals surface area contributed by atoms with Crippen molar-refractivity contribution in [2.24, 2.45) is 0 Å². The minimum Gasteiger partial charge on any atom is -0.479 e. The molecule has 4 heterocycles. The quantitative estimate of drug-likeness (QED) is 0.470. The number of hydrogen-bond acceptors (Lipinski definition) is 6. The second-order valence-electron chi connectivity index (χ2n) is 8.09. The highest BCUT2D eigenvalue weighted by Gasteiger charge is 2.33. The average Bonchev–Trinajstić information content (AvgIpc) is 3.49. The first-order chi connectivity index (χ1) is 16.0. The number of likely N-dealkylation sites (N-methyl/N-ethyl adjacent to an activating group) is 1. The van der Waals surface area contributed by atoms with Gasteiger partial charge in [-0.3, -0.25) is 4.79 Å². The van der Waals surface area contributed by atoms with E-state index >= 15 is 0 Å². The second-order valence-corrected chi connectivity index (χ2v) is 8.09. The third-order valence-electron chi connectivity index (χ3n) is 5.90. The minimum absolute atomic E-state index is 0.0115. The highest BCUT2D eigenvalue weighted by atomic mass is 16.5. The number of fused-ring (bicyclic) bond motifs is 1. The summed E-state index contributed by atoms with van der Waals surface area (Å²) >= 11 is 0. The maximum Gasteiger partial charge on any atom is 0.238 e. The van der Waals surface area contributed by atoms with Crippen molar-refractivity contribution in [3.8, 4) is 23.1 Å². The Bertz CT molecular complexity index is 1300. The molecule has 3 aromatic heterocycles. The Morgan fingerprint density at radius 1 is 1.15 bits per heavy atom. The van der Waals surface area contributed by atoms with Gasteiger partial charge >= 0.3 is 0 Å². The molecule has 0 unspecified atom stereocenters. The molecule has 1 aromatic carbocycles. The first-order valence-corrected chi connectivity index (χ1v) is 10.9. The van der Waals surface area contributed by atoms with Crippen molar-refractivity contribution < 1.29 is 9.53 Å². The molecule has 168 valence electrons. The van der Waals surface area contributed by atoms with Crippen LogP contribution in [0.4, 0.5) is 5.69 Å². The Hall–Kier alpha value is -4.01. The fraction of sp³-hybridized carbons (Fsp3) is 0.292. The number of amides is 1. The van der Waals surface area contributed by atoms with Crippen LogP contribution in [-0.2, 0) is 11.3 Å². The van der Waals surface area contributed by atoms with Gasteiger partial charge in [0.25, 0.3) is 0 Å². The monoisotopic (exact) mass is 443 g/mol. The number of hydrogen-bond donors (Lipinski definition) is 0. The van der Waals surface area contributed by atoms with E-state index in [0.29, 0.717) is 23.2 Å². The maximum atomic E-state index is 13.3. The summed E-state index contributed by atoms with van der Waals surface area (Å²) in [7, 11) is 3.38. The smallest absolute Gasteiger partial charge is 0.238 e. The Morgan fingerprint density at radius 3 is 2.70 bits per heavy atom. The van der Waals surface area contributed by atoms with Gasteiger partial charge in [0.15, 0.2) is 5.82 Å². The van der Waals surface area contributed by atoms with Gasteiger partial charge < -0.3 is 14.2 Å². The van der Waals surface area contributed by atoms with Crippen molar-refractivity contribution in [3.05, 3.63) is 66.5 Å². The Balaban J connectivity index is 1.46. The summed E-state index contributed by atoms with van der Waals surface area (Å²) in [6.07, 6.45) is 5.24. The number of benzene rings is 1. The molecule has 4 aromatic rings. The summed E-state index contributed by atoms with van der Waals surface area (Å²) in [5.74, 6) is 1.28. The minimum atomic E-state index is -0.347. The van der Waals surface area contributed by atoms with E-state index in [1.54, 1.807) is 25.4 Å². The van der Waals surface area contributed by atoms with Crippen molar-refractivity contribution in [2.75, 3.05) is 19.1 Å². The van der Waals surface area contributed by atoms with Crippen LogP contribution in [0.2, 0.25) is 0 Å². The van der Waals surface area contributed by atoms with E-state index in [-0.39, 0.29) is 11.8 Å². The summed E-state index contributed by atoms with van der Waals surface area (Å²) in [4.78, 5) is 28.7. The first-order valence-electron chi connectivity index (χ1n) is 10.9. The van der Waals surface area contributed by atoms with Gasteiger partial charge in [0.1, 0.15) is 17.2 Å². The third-order valence-corrected chi connectivity index (χ3v) is 5.90. The first kappa shape index (κ1) is 20.9. The van der Waals surface area contributed by atoms with Crippen LogP contribution in [0.25, 0.3) is 17.2 Å². The average molecular weight is 444 g/mol. The largest absolute Gasteiger partial charge is 0.479 e. The summed E-state index contributed by atoms with van der Waals surface area (Å²) < 4.78 is 9.23. The van der Waals surface area contributed by atoms with Gasteiger partial charge in [-0.25, -0.2) is 19.6 Å². The zero-order chi connectivity index (χ0) is 22.9. The van der Waals surface area contributed by atoms with E-state index < -0.39 is 0 Å². The number of imidazole rings is 1. The van der Waals surface area contributed by atoms with Crippen LogP contribution in [0.3, 0.4) is 0 Å². The predicted molar refractivity (Wildman–Crippen MR) is 123 cm³/mol. The number of methoxy groups -OCH3 is 1. The molecule has 0 aliphatic carbocycles. The fourth-order valence-electron chi connectivity index (χ4n) is 4.16. The molecule has 0 radical (unpaired) electrons. The van der Waals surface area contributed by atoms with Gasteiger partial charge in [-0.15, -0.1) is 5.10 Å². The number of anilines is 1. The van der Waals surface area contributed by atoms with Gasteiger partial charge in [-0.2, -0.15) is 0 Å². The molecule has 0 N–H and O–H groups in total. The highest BCUT2D eigenvalue weighted by molar-refractivity contribution is 5.97. The summed E-state index contributed by atoms with van der Waals surface area (Å²) in [5, 5.41) is 4.67. The normalized spacial score (nSPS) is 15.2. The van der Waals surface area contributed by atoms with Gasteiger partial charge in [-0.05, 0) is 44.0 Å². The SMILES string of the molecule is COc1nc(-c2nc3n(n2)CCC[C@@H]3C(=O)N(C)c2ccccc2)ccc1-n1cnc(C)c1. The van der Waals surface area contributed by atoms with Crippen molar-refractivity contribution >= 4 is 11.6 Å². The van der Waals surface area contributed by atoms with E-state index in [9.17, 15) is 4.79 Å². The van der Waals surface area contributed by atoms with Gasteiger partial charge in [0.2, 0.25) is 11.8 Å². The van der Waals surface area contributed by atoms with Crippen LogP contribution in [-0.4, -0.2) is 49.4 Å². The van der Waals surface area contributed by atoms with Crippen LogP contribution in [0.1, 0.15) is 30.3 Å². The number of para-hydroxylation sites is 1. The van der Waals surface area contributed by atoms with E-state index in [0.717, 1.165) is 36.5 Å². The van der Waals surface area contributed by atoms with Crippen molar-refractivity contribution in [1.29, 1.82) is 0 Å². The molecule has 1 atom stereocenters. The molecular formula is C24H25N7O2. The zero-order valence-electron chi connectivity index (χ0n) is 18.8. The number of carbonyl (C=O) groups excluding carboxylic acids is 1. The molecular weight excluding hydrogens is 418 g/mol. The number of rotatable bonds is 5. The molecule has 1 aliphatic heterocycles. The number of nitrogens with zero attached hydrogens (tertiary/aromatic N) is 7. The Labute approximate surface area is 191 Å². The molecule has 0 spiro atoms. The van der Waals surface area contributed by atoms with Gasteiger partial charge in [0.05, 0.1) is 25.0 Å². The number of pyridine rings is 1. The third kappa shape index (κ3) is 3.86. The molecule has 9 nitrogen and oxygen atoms in total. The van der Waals surface area contributed by atoms with E-state index in [4.69, 9.17) is 9.72 Å². The topological polar surface area (TPSA) is 91.0 Å². The predicted octanol–water partition coefficient (Wildman–Crippen LogP) is 3.38. The lowest BCUT2D eigenvalue weighted by molar-refractivity contribution is -0.120. The molecule has 9 heteroatoms. The zero-order valence-corrected chi connectivity index (χ0v) is 18.8. The van der Waals surface area contributed by atoms with Crippen molar-refractivity contribution in [1.82, 2.24) is 29.3 Å². The van der Waals surface area contributed by atoms with Crippen LogP contribution in [0.15, 0.2) is 55.0 Å². The Morgan fingerprint density at radius 2 is 1.97 bits per heavy atom. The van der Waals surface area contributed by atoms with Gasteiger partial charge in [-0.1, -0.05) is 18.2 Å². The standard InChI is InChI=1S/C24H25N7O2/c1-16-14-30(15-25-16)20-12-11-19(26-23(20)33-3)21-27-22-18(10-7-13-31(22)28-21)24(32)29(2)17-8-5-4-6-9-17/h4-6,8-9,11-12,14-15,18H,7,10,13H2,1-3H3/t18-/m0/s1. The highest BCUT2D eigenvalue weighted by Crippen LogP contribution is 2.31. The van der Waals surface area contributed by atoms with Crippen LogP contribution in [0.5, 0.6) is 5.88 Å². The molecule has 0 saturated heterocycles. The lowest BCUT2D eigenvalue weighted by Gasteiger charge is -2.26. The summed E-state index contributed by atoms with van der Waals surface area (Å²) in [5.41, 5.74) is 3.14. The molecule has 5 rings (SSSR count).